The van der Waals surface area contributed by atoms with E-state index in [1.54, 1.807) is 54.6 Å². The molecule has 0 bridgehead atoms. The molecule has 1 aliphatic heterocycles. The van der Waals surface area contributed by atoms with Crippen molar-refractivity contribution in [1.82, 2.24) is 5.32 Å². The number of ether oxygens (including phenoxy) is 2. The molecule has 1 saturated heterocycles. The van der Waals surface area contributed by atoms with Crippen molar-refractivity contribution in [2.75, 3.05) is 11.5 Å². The standard InChI is InChI=1S/C26H20BrClN2O6/c1-2-35-22-13-16(11-20(27)23(22)36-14-15-3-5-17(6-4-15)25(32)33)12-21-24(31)30(26(34)29-21)19-9-7-18(28)8-10-19/h3-13H,2,14H2,1H3,(H,29,34)(H,32,33)/b21-12+. The Hall–Kier alpha value is -3.82. The van der Waals surface area contributed by atoms with Gasteiger partial charge in [-0.1, -0.05) is 23.7 Å². The average molecular weight is 572 g/mol. The van der Waals surface area contributed by atoms with Gasteiger partial charge in [0.15, 0.2) is 11.5 Å². The Morgan fingerprint density at radius 3 is 2.42 bits per heavy atom. The van der Waals surface area contributed by atoms with Crippen LogP contribution in [0.15, 0.2) is 70.8 Å². The van der Waals surface area contributed by atoms with Gasteiger partial charge in [0.25, 0.3) is 5.91 Å². The van der Waals surface area contributed by atoms with Crippen LogP contribution in [-0.2, 0) is 11.4 Å². The van der Waals surface area contributed by atoms with Crippen LogP contribution in [0.4, 0.5) is 10.5 Å². The number of nitrogens with one attached hydrogen (secondary N) is 1. The molecule has 4 rings (SSSR count). The molecule has 3 aromatic carbocycles. The monoisotopic (exact) mass is 570 g/mol. The third-order valence-corrected chi connectivity index (χ3v) is 6.03. The minimum absolute atomic E-state index is 0.108. The number of imide groups is 1. The van der Waals surface area contributed by atoms with Crippen LogP contribution < -0.4 is 19.7 Å². The maximum Gasteiger partial charge on any atom is 0.335 e. The third kappa shape index (κ3) is 5.53. The summed E-state index contributed by atoms with van der Waals surface area (Å²) in [5.41, 5.74) is 2.08. The van der Waals surface area contributed by atoms with Gasteiger partial charge in [-0.05, 0) is 88.6 Å². The molecule has 184 valence electrons. The summed E-state index contributed by atoms with van der Waals surface area (Å²) in [4.78, 5) is 37.5. The van der Waals surface area contributed by atoms with Crippen molar-refractivity contribution in [3.63, 3.8) is 0 Å². The number of carbonyl (C=O) groups is 3. The van der Waals surface area contributed by atoms with Crippen LogP contribution in [0.1, 0.15) is 28.4 Å². The Morgan fingerprint density at radius 1 is 1.08 bits per heavy atom. The maximum atomic E-state index is 12.9. The topological polar surface area (TPSA) is 105 Å². The summed E-state index contributed by atoms with van der Waals surface area (Å²) in [5.74, 6) is -0.610. The fourth-order valence-electron chi connectivity index (χ4n) is 3.50. The van der Waals surface area contributed by atoms with Crippen LogP contribution in [0.5, 0.6) is 11.5 Å². The quantitative estimate of drug-likeness (QED) is 0.259. The number of hydrogen-bond acceptors (Lipinski definition) is 5. The lowest BCUT2D eigenvalue weighted by Gasteiger charge is -2.15. The van der Waals surface area contributed by atoms with Gasteiger partial charge in [-0.25, -0.2) is 14.5 Å². The number of rotatable bonds is 8. The highest BCUT2D eigenvalue weighted by atomic mass is 79.9. The number of hydrogen-bond donors (Lipinski definition) is 2. The summed E-state index contributed by atoms with van der Waals surface area (Å²) in [6.07, 6.45) is 1.55. The molecule has 0 atom stereocenters. The summed E-state index contributed by atoms with van der Waals surface area (Å²) in [5, 5.41) is 12.1. The SMILES string of the molecule is CCOc1cc(/C=C2/NC(=O)N(c3ccc(Cl)cc3)C2=O)cc(Br)c1OCc1ccc(C(=O)O)cc1. The molecule has 3 aromatic rings. The van der Waals surface area contributed by atoms with Gasteiger partial charge < -0.3 is 19.9 Å². The maximum absolute atomic E-state index is 12.9. The summed E-state index contributed by atoms with van der Waals surface area (Å²) in [6, 6.07) is 15.6. The summed E-state index contributed by atoms with van der Waals surface area (Å²) >= 11 is 9.40. The van der Waals surface area contributed by atoms with Crippen LogP contribution in [-0.4, -0.2) is 29.6 Å². The van der Waals surface area contributed by atoms with E-state index >= 15 is 0 Å². The van der Waals surface area contributed by atoms with Crippen molar-refractivity contribution in [2.24, 2.45) is 0 Å². The number of anilines is 1. The van der Waals surface area contributed by atoms with Gasteiger partial charge in [-0.2, -0.15) is 0 Å². The van der Waals surface area contributed by atoms with Crippen molar-refractivity contribution in [3.05, 3.63) is 92.5 Å². The predicted molar refractivity (Wildman–Crippen MR) is 138 cm³/mol. The largest absolute Gasteiger partial charge is 0.490 e. The van der Waals surface area contributed by atoms with Gasteiger partial charge in [-0.3, -0.25) is 4.79 Å². The molecule has 0 aliphatic carbocycles. The summed E-state index contributed by atoms with van der Waals surface area (Å²) in [6.45, 7) is 2.39. The smallest absolute Gasteiger partial charge is 0.335 e. The van der Waals surface area contributed by atoms with Gasteiger partial charge in [-0.15, -0.1) is 0 Å². The molecular weight excluding hydrogens is 552 g/mol. The Bertz CT molecular complexity index is 1360. The van der Waals surface area contributed by atoms with Crippen LogP contribution in [0.25, 0.3) is 6.08 Å². The zero-order valence-electron chi connectivity index (χ0n) is 19.0. The van der Waals surface area contributed by atoms with E-state index in [9.17, 15) is 14.4 Å². The molecule has 10 heteroatoms. The van der Waals surface area contributed by atoms with Crippen LogP contribution in [0.2, 0.25) is 5.02 Å². The molecule has 3 amide bonds. The zero-order valence-corrected chi connectivity index (χ0v) is 21.3. The number of benzene rings is 3. The van der Waals surface area contributed by atoms with Gasteiger partial charge in [0, 0.05) is 5.02 Å². The number of carbonyl (C=O) groups excluding carboxylic acids is 2. The second kappa shape index (κ2) is 10.8. The Labute approximate surface area is 220 Å². The average Bonchev–Trinajstić information content (AvgIpc) is 3.12. The Kier molecular flexibility index (Phi) is 7.61. The highest BCUT2D eigenvalue weighted by Gasteiger charge is 2.34. The first-order chi connectivity index (χ1) is 17.3. The molecule has 0 spiro atoms. The molecule has 36 heavy (non-hydrogen) atoms. The van der Waals surface area contributed by atoms with Gasteiger partial charge in [0.05, 0.1) is 22.3 Å². The molecule has 1 heterocycles. The number of carboxylic acids is 1. The first kappa shape index (κ1) is 25.3. The lowest BCUT2D eigenvalue weighted by atomic mass is 10.1. The normalized spacial score (nSPS) is 14.2. The number of amides is 3. The van der Waals surface area contributed by atoms with E-state index in [0.717, 1.165) is 10.5 Å². The lowest BCUT2D eigenvalue weighted by Crippen LogP contribution is -2.30. The van der Waals surface area contributed by atoms with Crippen molar-refractivity contribution >= 4 is 57.2 Å². The molecule has 0 radical (unpaired) electrons. The third-order valence-electron chi connectivity index (χ3n) is 5.19. The Morgan fingerprint density at radius 2 is 1.78 bits per heavy atom. The number of urea groups is 1. The van der Waals surface area contributed by atoms with E-state index in [-0.39, 0.29) is 17.9 Å². The van der Waals surface area contributed by atoms with Gasteiger partial charge in [0.2, 0.25) is 0 Å². The first-order valence-electron chi connectivity index (χ1n) is 10.8. The summed E-state index contributed by atoms with van der Waals surface area (Å²) in [7, 11) is 0. The van der Waals surface area contributed by atoms with Crippen molar-refractivity contribution in [3.8, 4) is 11.5 Å². The van der Waals surface area contributed by atoms with Crippen LogP contribution in [0, 0.1) is 0 Å². The number of aromatic carboxylic acids is 1. The van der Waals surface area contributed by atoms with E-state index in [0.29, 0.717) is 38.9 Å². The first-order valence-corrected chi connectivity index (χ1v) is 12.0. The second-order valence-corrected chi connectivity index (χ2v) is 8.95. The highest BCUT2D eigenvalue weighted by Crippen LogP contribution is 2.38. The van der Waals surface area contributed by atoms with Crippen molar-refractivity contribution < 1.29 is 29.0 Å². The minimum atomic E-state index is -0.998. The molecule has 2 N–H and O–H groups in total. The minimum Gasteiger partial charge on any atom is -0.490 e. The number of carboxylic acid groups (broad SMARTS) is 1. The van der Waals surface area contributed by atoms with E-state index in [2.05, 4.69) is 21.2 Å². The van der Waals surface area contributed by atoms with E-state index in [4.69, 9.17) is 26.2 Å². The number of halogens is 2. The molecule has 0 aromatic heterocycles. The summed E-state index contributed by atoms with van der Waals surface area (Å²) < 4.78 is 12.3. The number of nitrogens with zero attached hydrogens (tertiary/aromatic N) is 1. The highest BCUT2D eigenvalue weighted by molar-refractivity contribution is 9.10. The molecule has 1 aliphatic rings. The zero-order chi connectivity index (χ0) is 25.8. The van der Waals surface area contributed by atoms with Crippen LogP contribution >= 0.6 is 27.5 Å². The second-order valence-electron chi connectivity index (χ2n) is 7.66. The fraction of sp³-hybridized carbons (Fsp3) is 0.115. The molecule has 0 saturated carbocycles. The van der Waals surface area contributed by atoms with Gasteiger partial charge in [0.1, 0.15) is 12.3 Å². The predicted octanol–water partition coefficient (Wildman–Crippen LogP) is 5.88. The molecular formula is C26H20BrClN2O6. The fourth-order valence-corrected chi connectivity index (χ4v) is 4.20. The van der Waals surface area contributed by atoms with Crippen molar-refractivity contribution in [2.45, 2.75) is 13.5 Å². The van der Waals surface area contributed by atoms with E-state index in [1.807, 2.05) is 6.92 Å². The molecule has 8 nitrogen and oxygen atoms in total. The lowest BCUT2D eigenvalue weighted by molar-refractivity contribution is -0.113. The van der Waals surface area contributed by atoms with E-state index < -0.39 is 17.9 Å². The van der Waals surface area contributed by atoms with Crippen LogP contribution in [0.3, 0.4) is 0 Å². The van der Waals surface area contributed by atoms with Crippen molar-refractivity contribution in [1.29, 1.82) is 0 Å². The Balaban J connectivity index is 1.57. The van der Waals surface area contributed by atoms with Gasteiger partial charge >= 0.3 is 12.0 Å². The van der Waals surface area contributed by atoms with E-state index in [1.165, 1.54) is 12.1 Å². The molecule has 0 unspecified atom stereocenters. The molecule has 1 fully saturated rings.